The Labute approximate surface area is 346 Å². The summed E-state index contributed by atoms with van der Waals surface area (Å²) in [6.07, 6.45) is -4.87. The number of nitrogens with zero attached hydrogens (tertiary/aromatic N) is 3. The smallest absolute Gasteiger partial charge is 0.394 e. The number of aromatic nitrogens is 4. The maximum atomic E-state index is 14.0. The highest BCUT2D eigenvalue weighted by atomic mass is 31.2. The molecule has 0 bridgehead atoms. The SMILES string of the molecule is C.C.CC(C)(C)[Si](C)(C)[C@H]1[C@@H](n2ccc(NC(=O)c3ccccc3)nc2=O)O[C@@H](COP(=O)(O)O[C@@H]2C[C@H](n3cc(F)c(=O)[nH]c3=O)O[C@@H]2CO)C1(O)C#C[Si](C)(C)C.[2HH]. The van der Waals surface area contributed by atoms with Crippen molar-refractivity contribution in [2.24, 2.45) is 0 Å². The van der Waals surface area contributed by atoms with Crippen molar-refractivity contribution < 1.29 is 48.8 Å². The predicted octanol–water partition coefficient (Wildman–Crippen LogP) is 4.87. The summed E-state index contributed by atoms with van der Waals surface area (Å²) in [4.78, 5) is 67.3. The van der Waals surface area contributed by atoms with Gasteiger partial charge in [0.1, 0.15) is 44.7 Å². The number of phosphoric acid groups is 1. The molecule has 4 heterocycles. The second-order valence-electron chi connectivity index (χ2n) is 16.7. The van der Waals surface area contributed by atoms with Gasteiger partial charge in [-0.3, -0.25) is 32.8 Å². The van der Waals surface area contributed by atoms with E-state index in [1.54, 1.807) is 35.3 Å². The van der Waals surface area contributed by atoms with Crippen molar-refractivity contribution in [3.63, 3.8) is 0 Å². The standard InChI is InChI=1S/C36H49FN5O12PSi2.2CH4.H2/c1-35(2,3)57(7,8)29-32(41-16-14-27(39-33(41)46)38-30(44)22-12-10-9-11-13-22)53-26(36(29,48)15-17-56(4,5)6)21-51-55(49,50)54-24-18-28(52-25(24)20-43)42-19-23(37)31(45)40-34(42)47;;;/h9-14,16,19,24-26,28-29,32,43,48H,18,20-21H2,1-8H3,(H,49,50)(H,40,45,47)(H,38,39,44,46);2*1H4;1H/t24-,25-,26+,28-,29+,32+,36?;;;/m1.../s1/i;;;1+1. The predicted molar refractivity (Wildman–Crippen MR) is 227 cm³/mol. The van der Waals surface area contributed by atoms with Gasteiger partial charge in [-0.1, -0.05) is 92.5 Å². The molecule has 5 N–H and O–H groups in total. The number of amides is 1. The van der Waals surface area contributed by atoms with Gasteiger partial charge in [0.25, 0.3) is 11.5 Å². The Hall–Kier alpha value is -3.88. The van der Waals surface area contributed by atoms with E-state index in [9.17, 15) is 43.2 Å². The van der Waals surface area contributed by atoms with Crippen LogP contribution in [-0.2, 0) is 23.1 Å². The quantitative estimate of drug-likeness (QED) is 0.0984. The number of aliphatic hydroxyl groups excluding tert-OH is 1. The summed E-state index contributed by atoms with van der Waals surface area (Å²) in [7, 11) is -10.1. The number of nitrogens with one attached hydrogen (secondary N) is 2. The summed E-state index contributed by atoms with van der Waals surface area (Å²) in [6.45, 7) is 14.5. The van der Waals surface area contributed by atoms with Crippen LogP contribution in [0.1, 0.15) is 66.3 Å². The molecule has 1 aromatic carbocycles. The minimum atomic E-state index is -5.09. The number of carbonyl (C=O) groups is 1. The van der Waals surface area contributed by atoms with Crippen molar-refractivity contribution >= 4 is 35.7 Å². The van der Waals surface area contributed by atoms with Crippen molar-refractivity contribution in [1.82, 2.24) is 19.1 Å². The highest BCUT2D eigenvalue weighted by Gasteiger charge is 2.64. The van der Waals surface area contributed by atoms with Gasteiger partial charge < -0.3 is 29.9 Å². The molecular weight excluding hydrogens is 825 g/mol. The van der Waals surface area contributed by atoms with Crippen LogP contribution in [0.15, 0.2) is 63.2 Å². The van der Waals surface area contributed by atoms with E-state index in [4.69, 9.17) is 18.5 Å². The van der Waals surface area contributed by atoms with Gasteiger partial charge >= 0.3 is 19.2 Å². The lowest BCUT2D eigenvalue weighted by Gasteiger charge is -2.47. The second kappa shape index (κ2) is 18.4. The molecule has 0 saturated carbocycles. The molecule has 2 unspecified atom stereocenters. The minimum absolute atomic E-state index is 0. The Morgan fingerprint density at radius 1 is 1.12 bits per heavy atom. The first kappa shape index (κ1) is 49.5. The lowest BCUT2D eigenvalue weighted by Crippen LogP contribution is -2.55. The minimum Gasteiger partial charge on any atom is -0.394 e. The van der Waals surface area contributed by atoms with Crippen LogP contribution in [0.5, 0.6) is 0 Å². The van der Waals surface area contributed by atoms with Gasteiger partial charge in [-0.25, -0.2) is 14.2 Å². The lowest BCUT2D eigenvalue weighted by atomic mass is 9.95. The Balaban J connectivity index is 0.00000413. The van der Waals surface area contributed by atoms with E-state index < -0.39 is 113 Å². The maximum Gasteiger partial charge on any atom is 0.472 e. The Morgan fingerprint density at radius 3 is 2.34 bits per heavy atom. The van der Waals surface area contributed by atoms with E-state index in [0.717, 1.165) is 4.57 Å². The molecule has 59 heavy (non-hydrogen) atoms. The number of rotatable bonds is 11. The van der Waals surface area contributed by atoms with Gasteiger partial charge in [0, 0.05) is 25.1 Å². The molecule has 0 spiro atoms. The van der Waals surface area contributed by atoms with E-state index in [-0.39, 0.29) is 28.5 Å². The fourth-order valence-electron chi connectivity index (χ4n) is 6.62. The van der Waals surface area contributed by atoms with Crippen LogP contribution in [0.3, 0.4) is 0 Å². The van der Waals surface area contributed by atoms with Crippen molar-refractivity contribution in [2.75, 3.05) is 18.5 Å². The van der Waals surface area contributed by atoms with E-state index in [1.165, 1.54) is 16.8 Å². The van der Waals surface area contributed by atoms with Gasteiger partial charge in [-0.2, -0.15) is 9.37 Å². The number of anilines is 1. The third kappa shape index (κ3) is 10.9. The number of halogens is 1. The third-order valence-corrected chi connectivity index (χ3v) is 18.6. The summed E-state index contributed by atoms with van der Waals surface area (Å²) < 4.78 is 52.4. The molecular formula is C38H59FN5O12PSi2. The van der Waals surface area contributed by atoms with E-state index in [1.807, 2.05) is 53.5 Å². The van der Waals surface area contributed by atoms with Crippen LogP contribution in [0, 0.1) is 17.3 Å². The molecule has 21 heteroatoms. The van der Waals surface area contributed by atoms with E-state index >= 15 is 0 Å². The summed E-state index contributed by atoms with van der Waals surface area (Å²) in [5.41, 5.74) is -2.41. The Bertz CT molecular complexity index is 2270. The van der Waals surface area contributed by atoms with Gasteiger partial charge in [0.15, 0.2) is 5.60 Å². The van der Waals surface area contributed by atoms with Crippen molar-refractivity contribution in [3.8, 4) is 11.5 Å². The summed E-state index contributed by atoms with van der Waals surface area (Å²) in [6, 6.07) is 9.79. The number of aliphatic hydroxyl groups is 2. The zero-order chi connectivity index (χ0) is 42.3. The lowest BCUT2D eigenvalue weighted by molar-refractivity contribution is -0.0681. The molecule has 2 aliphatic heterocycles. The Kier molecular flexibility index (Phi) is 15.4. The monoisotopic (exact) mass is 884 g/mol. The highest BCUT2D eigenvalue weighted by Crippen LogP contribution is 2.59. The number of hydrogen-bond acceptors (Lipinski definition) is 12. The molecule has 1 amide bonds. The van der Waals surface area contributed by atoms with Gasteiger partial charge in [-0.05, 0) is 23.2 Å². The summed E-state index contributed by atoms with van der Waals surface area (Å²) in [5, 5.41) is 25.0. The van der Waals surface area contributed by atoms with Crippen LogP contribution in [-0.4, -0.2) is 93.4 Å². The van der Waals surface area contributed by atoms with E-state index in [2.05, 4.69) is 21.8 Å². The molecule has 0 aliphatic carbocycles. The number of phosphoric ester groups is 1. The zero-order valence-corrected chi connectivity index (χ0v) is 35.8. The molecule has 3 aromatic rings. The van der Waals surface area contributed by atoms with Crippen molar-refractivity contribution in [1.29, 1.82) is 0 Å². The molecule has 5 rings (SSSR count). The molecule has 17 nitrogen and oxygen atoms in total. The third-order valence-electron chi connectivity index (χ3n) is 10.5. The molecule has 2 saturated heterocycles. The number of ether oxygens (including phenoxy) is 2. The molecule has 2 aliphatic rings. The average molecular weight is 885 g/mol. The average Bonchev–Trinajstić information content (AvgIpc) is 3.65. The maximum absolute atomic E-state index is 14.0. The normalized spacial score (nSPS) is 25.5. The number of hydrogen-bond donors (Lipinski definition) is 5. The van der Waals surface area contributed by atoms with Gasteiger partial charge in [-0.15, -0.1) is 5.54 Å². The fraction of sp³-hybridized carbons (Fsp3) is 0.553. The van der Waals surface area contributed by atoms with Crippen molar-refractivity contribution in [2.45, 2.75) is 122 Å². The van der Waals surface area contributed by atoms with Crippen LogP contribution < -0.4 is 22.3 Å². The highest BCUT2D eigenvalue weighted by molar-refractivity contribution is 7.47. The molecule has 328 valence electrons. The first-order chi connectivity index (χ1) is 26.4. The van der Waals surface area contributed by atoms with Crippen LogP contribution in [0.4, 0.5) is 10.2 Å². The molecule has 2 aromatic heterocycles. The summed E-state index contributed by atoms with van der Waals surface area (Å²) in [5.74, 6) is 1.28. The van der Waals surface area contributed by atoms with Gasteiger partial charge in [0.2, 0.25) is 5.82 Å². The van der Waals surface area contributed by atoms with E-state index in [0.29, 0.717) is 11.8 Å². The largest absolute Gasteiger partial charge is 0.472 e. The molecule has 8 atom stereocenters. The van der Waals surface area contributed by atoms with Crippen LogP contribution >= 0.6 is 7.82 Å². The number of benzene rings is 1. The van der Waals surface area contributed by atoms with Crippen LogP contribution in [0.2, 0.25) is 43.3 Å². The second-order valence-corrected chi connectivity index (χ2v) is 28.4. The topological polar surface area (TPSA) is 234 Å². The first-order valence-electron chi connectivity index (χ1n) is 18.2. The number of carbonyl (C=O) groups excluding carboxylic acids is 1. The first-order valence-corrected chi connectivity index (χ1v) is 26.2. The molecule has 0 radical (unpaired) electrons. The van der Waals surface area contributed by atoms with Gasteiger partial charge in [0.05, 0.1) is 27.5 Å². The number of H-pyrrole nitrogens is 1. The van der Waals surface area contributed by atoms with Crippen molar-refractivity contribution in [3.05, 3.63) is 91.5 Å². The summed E-state index contributed by atoms with van der Waals surface area (Å²) >= 11 is 0. The number of aromatic amines is 1. The Morgan fingerprint density at radius 2 is 1.76 bits per heavy atom. The van der Waals surface area contributed by atoms with Crippen LogP contribution in [0.25, 0.3) is 0 Å². The molecule has 2 fully saturated rings. The zero-order valence-electron chi connectivity index (χ0n) is 32.9. The fourth-order valence-corrected chi connectivity index (χ4v) is 11.4.